The molecular formula is C17H27NO3. The van der Waals surface area contributed by atoms with Crippen LogP contribution in [-0.2, 0) is 11.2 Å². The third-order valence-corrected chi connectivity index (χ3v) is 3.77. The zero-order valence-corrected chi connectivity index (χ0v) is 13.1. The Morgan fingerprint density at radius 1 is 1.43 bits per heavy atom. The second-order valence-electron chi connectivity index (χ2n) is 5.78. The summed E-state index contributed by atoms with van der Waals surface area (Å²) in [5, 5.41) is 0. The van der Waals surface area contributed by atoms with Crippen LogP contribution in [0.1, 0.15) is 38.2 Å². The molecule has 0 radical (unpaired) electrons. The van der Waals surface area contributed by atoms with E-state index in [0.29, 0.717) is 12.7 Å². The first kappa shape index (κ1) is 16.1. The minimum absolute atomic E-state index is 0.118. The van der Waals surface area contributed by atoms with E-state index in [-0.39, 0.29) is 6.04 Å². The smallest absolute Gasteiger partial charge is 0.126 e. The standard InChI is InChI=1S/C17H27NO3/c1-13(18)11-14-7-8-16(19-2)12-17(14)21-10-4-6-15-5-3-9-20-15/h7-8,12-13,15H,3-6,9-11,18H2,1-2H3. The van der Waals surface area contributed by atoms with E-state index in [2.05, 4.69) is 0 Å². The van der Waals surface area contributed by atoms with Crippen LogP contribution in [0.2, 0.25) is 0 Å². The molecule has 0 aliphatic carbocycles. The predicted octanol–water partition coefficient (Wildman–Crippen LogP) is 2.92. The van der Waals surface area contributed by atoms with Crippen LogP contribution in [0, 0.1) is 0 Å². The predicted molar refractivity (Wildman–Crippen MR) is 84.1 cm³/mol. The summed E-state index contributed by atoms with van der Waals surface area (Å²) in [6.45, 7) is 3.63. The minimum Gasteiger partial charge on any atom is -0.497 e. The van der Waals surface area contributed by atoms with Crippen molar-refractivity contribution in [1.82, 2.24) is 0 Å². The van der Waals surface area contributed by atoms with E-state index in [1.807, 2.05) is 25.1 Å². The molecular weight excluding hydrogens is 266 g/mol. The first-order valence-electron chi connectivity index (χ1n) is 7.86. The molecule has 4 nitrogen and oxygen atoms in total. The summed E-state index contributed by atoms with van der Waals surface area (Å²) in [4.78, 5) is 0. The van der Waals surface area contributed by atoms with Crippen molar-refractivity contribution >= 4 is 0 Å². The van der Waals surface area contributed by atoms with Crippen molar-refractivity contribution in [3.8, 4) is 11.5 Å². The lowest BCUT2D eigenvalue weighted by atomic mass is 10.1. The van der Waals surface area contributed by atoms with Crippen LogP contribution in [0.4, 0.5) is 0 Å². The summed E-state index contributed by atoms with van der Waals surface area (Å²) >= 11 is 0. The molecule has 0 aromatic heterocycles. The van der Waals surface area contributed by atoms with E-state index >= 15 is 0 Å². The van der Waals surface area contributed by atoms with Crippen LogP contribution in [0.3, 0.4) is 0 Å². The molecule has 21 heavy (non-hydrogen) atoms. The average Bonchev–Trinajstić information content (AvgIpc) is 2.97. The Bertz CT molecular complexity index is 428. The number of hydrogen-bond acceptors (Lipinski definition) is 4. The molecule has 1 aliphatic heterocycles. The quantitative estimate of drug-likeness (QED) is 0.749. The normalized spacial score (nSPS) is 19.5. The summed E-state index contributed by atoms with van der Waals surface area (Å²) < 4.78 is 16.8. The molecule has 0 bridgehead atoms. The molecule has 1 aliphatic rings. The summed E-state index contributed by atoms with van der Waals surface area (Å²) in [7, 11) is 1.67. The third-order valence-electron chi connectivity index (χ3n) is 3.77. The summed E-state index contributed by atoms with van der Waals surface area (Å²) in [6.07, 6.45) is 5.72. The van der Waals surface area contributed by atoms with Crippen molar-refractivity contribution in [2.45, 2.75) is 51.2 Å². The SMILES string of the molecule is COc1ccc(CC(C)N)c(OCCCC2CCCO2)c1. The van der Waals surface area contributed by atoms with Gasteiger partial charge in [-0.05, 0) is 50.7 Å². The second kappa shape index (κ2) is 8.25. The fraction of sp³-hybridized carbons (Fsp3) is 0.647. The highest BCUT2D eigenvalue weighted by Crippen LogP contribution is 2.26. The maximum Gasteiger partial charge on any atom is 0.126 e. The van der Waals surface area contributed by atoms with Gasteiger partial charge < -0.3 is 19.9 Å². The van der Waals surface area contributed by atoms with Crippen molar-refractivity contribution in [3.05, 3.63) is 23.8 Å². The van der Waals surface area contributed by atoms with Gasteiger partial charge in [0.15, 0.2) is 0 Å². The molecule has 0 saturated carbocycles. The Hall–Kier alpha value is -1.26. The molecule has 2 rings (SSSR count). The van der Waals surface area contributed by atoms with Gasteiger partial charge in [-0.15, -0.1) is 0 Å². The first-order chi connectivity index (χ1) is 10.2. The molecule has 1 heterocycles. The fourth-order valence-corrected chi connectivity index (χ4v) is 2.68. The van der Waals surface area contributed by atoms with E-state index in [0.717, 1.165) is 42.9 Å². The maximum absolute atomic E-state index is 5.95. The van der Waals surface area contributed by atoms with Crippen LogP contribution < -0.4 is 15.2 Å². The van der Waals surface area contributed by atoms with Gasteiger partial charge in [-0.25, -0.2) is 0 Å². The number of nitrogens with two attached hydrogens (primary N) is 1. The highest BCUT2D eigenvalue weighted by Gasteiger charge is 2.15. The van der Waals surface area contributed by atoms with Gasteiger partial charge in [-0.3, -0.25) is 0 Å². The van der Waals surface area contributed by atoms with Crippen molar-refractivity contribution in [2.24, 2.45) is 5.73 Å². The molecule has 1 saturated heterocycles. The Morgan fingerprint density at radius 3 is 2.95 bits per heavy atom. The molecule has 2 unspecified atom stereocenters. The van der Waals surface area contributed by atoms with Gasteiger partial charge >= 0.3 is 0 Å². The number of hydrogen-bond donors (Lipinski definition) is 1. The number of ether oxygens (including phenoxy) is 3. The molecule has 1 fully saturated rings. The Balaban J connectivity index is 1.86. The van der Waals surface area contributed by atoms with Crippen molar-refractivity contribution in [3.63, 3.8) is 0 Å². The average molecular weight is 293 g/mol. The highest BCUT2D eigenvalue weighted by molar-refractivity contribution is 5.41. The van der Waals surface area contributed by atoms with E-state index in [4.69, 9.17) is 19.9 Å². The molecule has 1 aromatic rings. The first-order valence-corrected chi connectivity index (χ1v) is 7.86. The summed E-state index contributed by atoms with van der Waals surface area (Å²) in [5.41, 5.74) is 7.04. The van der Waals surface area contributed by atoms with Gasteiger partial charge in [-0.1, -0.05) is 6.07 Å². The third kappa shape index (κ3) is 5.21. The van der Waals surface area contributed by atoms with Crippen LogP contribution >= 0.6 is 0 Å². The minimum atomic E-state index is 0.118. The molecule has 4 heteroatoms. The van der Waals surface area contributed by atoms with Crippen molar-refractivity contribution in [1.29, 1.82) is 0 Å². The van der Waals surface area contributed by atoms with Gasteiger partial charge in [0.05, 0.1) is 19.8 Å². The maximum atomic E-state index is 5.95. The monoisotopic (exact) mass is 293 g/mol. The Morgan fingerprint density at radius 2 is 2.29 bits per heavy atom. The molecule has 1 aromatic carbocycles. The van der Waals surface area contributed by atoms with Crippen molar-refractivity contribution < 1.29 is 14.2 Å². The van der Waals surface area contributed by atoms with Gasteiger partial charge in [0.1, 0.15) is 11.5 Å². The fourth-order valence-electron chi connectivity index (χ4n) is 2.68. The van der Waals surface area contributed by atoms with Gasteiger partial charge in [-0.2, -0.15) is 0 Å². The zero-order chi connectivity index (χ0) is 15.1. The molecule has 0 spiro atoms. The highest BCUT2D eigenvalue weighted by atomic mass is 16.5. The molecule has 2 N–H and O–H groups in total. The Kier molecular flexibility index (Phi) is 6.33. The zero-order valence-electron chi connectivity index (χ0n) is 13.1. The van der Waals surface area contributed by atoms with Crippen LogP contribution in [-0.4, -0.2) is 32.5 Å². The lowest BCUT2D eigenvalue weighted by Gasteiger charge is -2.15. The lowest BCUT2D eigenvalue weighted by molar-refractivity contribution is 0.0980. The number of rotatable bonds is 8. The molecule has 2 atom stereocenters. The summed E-state index contributed by atoms with van der Waals surface area (Å²) in [5.74, 6) is 1.71. The van der Waals surface area contributed by atoms with Gasteiger partial charge in [0.25, 0.3) is 0 Å². The second-order valence-corrected chi connectivity index (χ2v) is 5.78. The molecule has 0 amide bonds. The van der Waals surface area contributed by atoms with E-state index in [1.54, 1.807) is 7.11 Å². The van der Waals surface area contributed by atoms with E-state index < -0.39 is 0 Å². The van der Waals surface area contributed by atoms with E-state index in [1.165, 1.54) is 12.8 Å². The van der Waals surface area contributed by atoms with Crippen LogP contribution in [0.25, 0.3) is 0 Å². The molecule has 118 valence electrons. The number of methoxy groups -OCH3 is 1. The summed E-state index contributed by atoms with van der Waals surface area (Å²) in [6, 6.07) is 6.06. The number of benzene rings is 1. The van der Waals surface area contributed by atoms with Gasteiger partial charge in [0.2, 0.25) is 0 Å². The largest absolute Gasteiger partial charge is 0.497 e. The van der Waals surface area contributed by atoms with Gasteiger partial charge in [0, 0.05) is 18.7 Å². The lowest BCUT2D eigenvalue weighted by Crippen LogP contribution is -2.18. The van der Waals surface area contributed by atoms with Crippen LogP contribution in [0.15, 0.2) is 18.2 Å². The van der Waals surface area contributed by atoms with Crippen LogP contribution in [0.5, 0.6) is 11.5 Å². The van der Waals surface area contributed by atoms with E-state index in [9.17, 15) is 0 Å². The Labute approximate surface area is 127 Å². The van der Waals surface area contributed by atoms with Crippen molar-refractivity contribution in [2.75, 3.05) is 20.3 Å². The topological polar surface area (TPSA) is 53.7 Å².